The monoisotopic (exact) mass is 322 g/mol. The van der Waals surface area contributed by atoms with E-state index in [0.29, 0.717) is 18.5 Å². The van der Waals surface area contributed by atoms with Gasteiger partial charge in [0.05, 0.1) is 11.4 Å². The smallest absolute Gasteiger partial charge is 0.407 e. The summed E-state index contributed by atoms with van der Waals surface area (Å²) in [7, 11) is 1.94. The highest BCUT2D eigenvalue weighted by atomic mass is 16.6. The Morgan fingerprint density at radius 1 is 1.43 bits per heavy atom. The first-order valence-electron chi connectivity index (χ1n) is 8.54. The molecule has 0 saturated heterocycles. The molecular weight excluding hydrogens is 292 g/mol. The molecule has 1 saturated carbocycles. The molecule has 6 nitrogen and oxygen atoms in total. The zero-order valence-corrected chi connectivity index (χ0v) is 15.0. The summed E-state index contributed by atoms with van der Waals surface area (Å²) in [6.07, 6.45) is 6.04. The predicted molar refractivity (Wildman–Crippen MR) is 91.6 cm³/mol. The number of nitrogens with one attached hydrogen (secondary N) is 2. The molecule has 0 aromatic carbocycles. The SMILES string of the molecule is CCc1nn(C)cc1NC1CCCC1CNC(=O)OC(C)(C)C. The fraction of sp³-hybridized carbons (Fsp3) is 0.765. The van der Waals surface area contributed by atoms with Crippen LogP contribution in [0.1, 0.15) is 52.7 Å². The van der Waals surface area contributed by atoms with Gasteiger partial charge < -0.3 is 15.4 Å². The summed E-state index contributed by atoms with van der Waals surface area (Å²) in [6.45, 7) is 8.39. The summed E-state index contributed by atoms with van der Waals surface area (Å²) in [4.78, 5) is 11.8. The quantitative estimate of drug-likeness (QED) is 0.874. The molecule has 0 bridgehead atoms. The lowest BCUT2D eigenvalue weighted by molar-refractivity contribution is 0.0519. The lowest BCUT2D eigenvalue weighted by atomic mass is 10.0. The molecule has 130 valence electrons. The van der Waals surface area contributed by atoms with Crippen LogP contribution in [-0.4, -0.2) is 34.1 Å². The lowest BCUT2D eigenvalue weighted by Crippen LogP contribution is -2.38. The summed E-state index contributed by atoms with van der Waals surface area (Å²) in [6, 6.07) is 0.374. The number of anilines is 1. The Morgan fingerprint density at radius 2 is 2.17 bits per heavy atom. The zero-order valence-electron chi connectivity index (χ0n) is 15.0. The number of alkyl carbamates (subject to hydrolysis) is 1. The number of carbonyl (C=O) groups excluding carboxylic acids is 1. The molecule has 1 heterocycles. The van der Waals surface area contributed by atoms with Crippen LogP contribution in [0.5, 0.6) is 0 Å². The van der Waals surface area contributed by atoms with E-state index in [4.69, 9.17) is 4.74 Å². The summed E-state index contributed by atoms with van der Waals surface area (Å²) >= 11 is 0. The van der Waals surface area contributed by atoms with E-state index >= 15 is 0 Å². The second-order valence-electron chi connectivity index (χ2n) is 7.34. The Hall–Kier alpha value is -1.72. The van der Waals surface area contributed by atoms with Crippen molar-refractivity contribution < 1.29 is 9.53 Å². The Morgan fingerprint density at radius 3 is 2.83 bits per heavy atom. The summed E-state index contributed by atoms with van der Waals surface area (Å²) < 4.78 is 7.16. The molecule has 1 aromatic rings. The van der Waals surface area contributed by atoms with Gasteiger partial charge in [0.15, 0.2) is 0 Å². The van der Waals surface area contributed by atoms with Crippen molar-refractivity contribution in [3.8, 4) is 0 Å². The average molecular weight is 322 g/mol. The molecule has 2 atom stereocenters. The highest BCUT2D eigenvalue weighted by Gasteiger charge is 2.29. The Labute approximate surface area is 139 Å². The highest BCUT2D eigenvalue weighted by Crippen LogP contribution is 2.29. The van der Waals surface area contributed by atoms with Crippen molar-refractivity contribution in [3.05, 3.63) is 11.9 Å². The number of hydrogen-bond acceptors (Lipinski definition) is 4. The number of rotatable bonds is 5. The van der Waals surface area contributed by atoms with Gasteiger partial charge in [-0.05, 0) is 46.0 Å². The molecule has 2 rings (SSSR count). The molecule has 2 N–H and O–H groups in total. The standard InChI is InChI=1S/C17H30N4O2/c1-6-13-15(11-21(5)20-13)19-14-9-7-8-12(14)10-18-16(22)23-17(2,3)4/h11-12,14,19H,6-10H2,1-5H3,(H,18,22). The van der Waals surface area contributed by atoms with Gasteiger partial charge in [0, 0.05) is 25.8 Å². The fourth-order valence-electron chi connectivity index (χ4n) is 3.12. The lowest BCUT2D eigenvalue weighted by Gasteiger charge is -2.24. The first-order valence-corrected chi connectivity index (χ1v) is 8.54. The van der Waals surface area contributed by atoms with E-state index in [1.165, 1.54) is 6.42 Å². The van der Waals surface area contributed by atoms with Crippen LogP contribution in [0.15, 0.2) is 6.20 Å². The molecule has 1 amide bonds. The molecule has 1 aromatic heterocycles. The minimum absolute atomic E-state index is 0.334. The van der Waals surface area contributed by atoms with Gasteiger partial charge in [-0.2, -0.15) is 5.10 Å². The normalized spacial score (nSPS) is 21.3. The number of aromatic nitrogens is 2. The zero-order chi connectivity index (χ0) is 17.0. The van der Waals surface area contributed by atoms with Gasteiger partial charge in [-0.1, -0.05) is 13.3 Å². The van der Waals surface area contributed by atoms with Crippen LogP contribution >= 0.6 is 0 Å². The number of nitrogens with zero attached hydrogens (tertiary/aromatic N) is 2. The van der Waals surface area contributed by atoms with Gasteiger partial charge in [0.25, 0.3) is 0 Å². The van der Waals surface area contributed by atoms with Gasteiger partial charge in [-0.3, -0.25) is 4.68 Å². The number of carbonyl (C=O) groups is 1. The largest absolute Gasteiger partial charge is 0.444 e. The van der Waals surface area contributed by atoms with E-state index in [-0.39, 0.29) is 6.09 Å². The van der Waals surface area contributed by atoms with Gasteiger partial charge >= 0.3 is 6.09 Å². The number of aryl methyl sites for hydroxylation is 2. The molecule has 2 unspecified atom stereocenters. The Balaban J connectivity index is 1.89. The topological polar surface area (TPSA) is 68.2 Å². The molecule has 1 aliphatic carbocycles. The van der Waals surface area contributed by atoms with Gasteiger partial charge in [0.1, 0.15) is 5.60 Å². The highest BCUT2D eigenvalue weighted by molar-refractivity contribution is 5.67. The van der Waals surface area contributed by atoms with Crippen molar-refractivity contribution in [1.29, 1.82) is 0 Å². The molecule has 1 aliphatic rings. The Kier molecular flexibility index (Phi) is 5.55. The summed E-state index contributed by atoms with van der Waals surface area (Å²) in [5.41, 5.74) is 1.76. The van der Waals surface area contributed by atoms with E-state index in [1.54, 1.807) is 0 Å². The van der Waals surface area contributed by atoms with E-state index in [0.717, 1.165) is 30.6 Å². The van der Waals surface area contributed by atoms with E-state index in [9.17, 15) is 4.79 Å². The fourth-order valence-corrected chi connectivity index (χ4v) is 3.12. The van der Waals surface area contributed by atoms with Crippen molar-refractivity contribution in [2.45, 2.75) is 65.0 Å². The van der Waals surface area contributed by atoms with Crippen LogP contribution in [0, 0.1) is 5.92 Å². The van der Waals surface area contributed by atoms with Gasteiger partial charge in [-0.15, -0.1) is 0 Å². The number of amides is 1. The molecule has 1 fully saturated rings. The van der Waals surface area contributed by atoms with Crippen molar-refractivity contribution in [2.24, 2.45) is 13.0 Å². The van der Waals surface area contributed by atoms with Gasteiger partial charge in [0.2, 0.25) is 0 Å². The van der Waals surface area contributed by atoms with Crippen LogP contribution < -0.4 is 10.6 Å². The van der Waals surface area contributed by atoms with Crippen LogP contribution in [0.2, 0.25) is 0 Å². The summed E-state index contributed by atoms with van der Waals surface area (Å²) in [5, 5.41) is 11.0. The van der Waals surface area contributed by atoms with Crippen LogP contribution in [0.4, 0.5) is 10.5 Å². The van der Waals surface area contributed by atoms with Crippen molar-refractivity contribution in [1.82, 2.24) is 15.1 Å². The van der Waals surface area contributed by atoms with Gasteiger partial charge in [-0.25, -0.2) is 4.79 Å². The third-order valence-corrected chi connectivity index (χ3v) is 4.15. The number of ether oxygens (including phenoxy) is 1. The molecule has 6 heteroatoms. The third-order valence-electron chi connectivity index (χ3n) is 4.15. The summed E-state index contributed by atoms with van der Waals surface area (Å²) in [5.74, 6) is 0.424. The van der Waals surface area contributed by atoms with Crippen molar-refractivity contribution in [3.63, 3.8) is 0 Å². The second-order valence-corrected chi connectivity index (χ2v) is 7.34. The maximum atomic E-state index is 11.8. The second kappa shape index (κ2) is 7.23. The maximum Gasteiger partial charge on any atom is 0.407 e. The third kappa shape index (κ3) is 5.15. The van der Waals surface area contributed by atoms with E-state index in [1.807, 2.05) is 38.7 Å². The van der Waals surface area contributed by atoms with E-state index < -0.39 is 5.60 Å². The van der Waals surface area contributed by atoms with Crippen LogP contribution in [-0.2, 0) is 18.2 Å². The number of hydrogen-bond donors (Lipinski definition) is 2. The molecule has 23 heavy (non-hydrogen) atoms. The van der Waals surface area contributed by atoms with Crippen molar-refractivity contribution >= 4 is 11.8 Å². The molecule has 0 radical (unpaired) electrons. The first kappa shape index (κ1) is 17.6. The maximum absolute atomic E-state index is 11.8. The van der Waals surface area contributed by atoms with Crippen molar-refractivity contribution in [2.75, 3.05) is 11.9 Å². The Bertz CT molecular complexity index is 533. The van der Waals surface area contributed by atoms with E-state index in [2.05, 4.69) is 22.7 Å². The predicted octanol–water partition coefficient (Wildman–Crippen LogP) is 3.09. The van der Waals surface area contributed by atoms with Crippen LogP contribution in [0.3, 0.4) is 0 Å². The molecule has 0 aliphatic heterocycles. The first-order chi connectivity index (χ1) is 10.8. The minimum Gasteiger partial charge on any atom is -0.444 e. The molecular formula is C17H30N4O2. The average Bonchev–Trinajstić information content (AvgIpc) is 3.01. The molecule has 0 spiro atoms. The van der Waals surface area contributed by atoms with Crippen LogP contribution in [0.25, 0.3) is 0 Å². The minimum atomic E-state index is -0.455.